The molecule has 0 bridgehead atoms. The van der Waals surface area contributed by atoms with Gasteiger partial charge in [0.05, 0.1) is 26.2 Å². The molecule has 195 valence electrons. The van der Waals surface area contributed by atoms with Gasteiger partial charge in [0.1, 0.15) is 5.78 Å². The van der Waals surface area contributed by atoms with Crippen molar-refractivity contribution in [3.63, 3.8) is 0 Å². The predicted molar refractivity (Wildman–Crippen MR) is 108 cm³/mol. The topological polar surface area (TPSA) is 254 Å². The second-order valence-electron chi connectivity index (χ2n) is 7.03. The Kier molecular flexibility index (Phi) is 17.6. The Balaban J connectivity index is 0. The van der Waals surface area contributed by atoms with Gasteiger partial charge in [-0.3, -0.25) is 43.2 Å². The van der Waals surface area contributed by atoms with Crippen molar-refractivity contribution in [1.82, 2.24) is 14.7 Å². The van der Waals surface area contributed by atoms with E-state index in [-0.39, 0.29) is 66.1 Å². The molecule has 1 radical (unpaired) electrons. The van der Waals surface area contributed by atoms with Crippen LogP contribution < -0.4 is 0 Å². The molecule has 16 nitrogen and oxygen atoms in total. The van der Waals surface area contributed by atoms with Gasteiger partial charge < -0.3 is 35.3 Å². The van der Waals surface area contributed by atoms with Gasteiger partial charge in [-0.15, -0.1) is 0 Å². The van der Waals surface area contributed by atoms with Gasteiger partial charge in [0.2, 0.25) is 0 Å². The molecule has 0 amide bonds. The number of carbonyl (C=O) groups is 5. The summed E-state index contributed by atoms with van der Waals surface area (Å²) in [5.41, 5.74) is 0. The van der Waals surface area contributed by atoms with Crippen LogP contribution in [0.3, 0.4) is 0 Å². The van der Waals surface area contributed by atoms with E-state index in [4.69, 9.17) is 25.5 Å². The molecule has 0 aromatic carbocycles. The molecule has 0 saturated carbocycles. The Labute approximate surface area is 226 Å². The average Bonchev–Trinajstić information content (AvgIpc) is 2.59. The van der Waals surface area contributed by atoms with E-state index in [0.717, 1.165) is 14.7 Å². The second kappa shape index (κ2) is 17.2. The second-order valence-corrected chi connectivity index (χ2v) is 8.81. The molecule has 18 heteroatoms. The number of hydrogen-bond acceptors (Lipinski definition) is 9. The Morgan fingerprint density at radius 2 is 0.941 bits per heavy atom. The summed E-state index contributed by atoms with van der Waals surface area (Å²) in [5, 5.41) is 44.6. The molecule has 0 spiro atoms. The first-order valence-corrected chi connectivity index (χ1v) is 11.1. The van der Waals surface area contributed by atoms with E-state index in [0.29, 0.717) is 0 Å². The molecule has 0 heterocycles. The maximum atomic E-state index is 12.0. The fourth-order valence-electron chi connectivity index (χ4n) is 2.96. The number of hydrogen-bond donors (Lipinski definition) is 7. The van der Waals surface area contributed by atoms with Gasteiger partial charge in [-0.1, -0.05) is 0 Å². The molecule has 0 aliphatic carbocycles. The van der Waals surface area contributed by atoms with Crippen LogP contribution in [0.25, 0.3) is 0 Å². The van der Waals surface area contributed by atoms with Crippen LogP contribution >= 0.6 is 7.60 Å². The number of carboxylic acid groups (broad SMARTS) is 5. The van der Waals surface area contributed by atoms with E-state index in [1.807, 2.05) is 0 Å². The van der Waals surface area contributed by atoms with Crippen LogP contribution in [0.5, 0.6) is 0 Å². The Bertz CT molecular complexity index is 690. The largest absolute Gasteiger partial charge is 3.00 e. The Morgan fingerprint density at radius 3 is 1.18 bits per heavy atom. The number of aliphatic carboxylic acids is 5. The minimum Gasteiger partial charge on any atom is -0.481 e. The summed E-state index contributed by atoms with van der Waals surface area (Å²) in [6, 6.07) is 0. The van der Waals surface area contributed by atoms with Gasteiger partial charge in [0.15, 0.2) is 0 Å². The molecule has 1 unspecified atom stereocenters. The Morgan fingerprint density at radius 1 is 0.618 bits per heavy atom. The third-order valence-corrected chi connectivity index (χ3v) is 5.63. The predicted octanol–water partition coefficient (Wildman–Crippen LogP) is -2.40. The molecule has 0 rings (SSSR count). The molecule has 0 fully saturated rings. The van der Waals surface area contributed by atoms with Crippen LogP contribution in [0.4, 0.5) is 0 Å². The molecule has 7 N–H and O–H groups in total. The minimum atomic E-state index is -4.96. The van der Waals surface area contributed by atoms with Crippen LogP contribution in [0.2, 0.25) is 0 Å². The van der Waals surface area contributed by atoms with Crippen LogP contribution in [0.1, 0.15) is 12.8 Å². The van der Waals surface area contributed by atoms with Crippen LogP contribution in [-0.2, 0) is 28.5 Å². The molecule has 0 aromatic heterocycles. The summed E-state index contributed by atoms with van der Waals surface area (Å²) in [5.74, 6) is -8.42. The summed E-state index contributed by atoms with van der Waals surface area (Å²) in [6.07, 6.45) is -1.15. The van der Waals surface area contributed by atoms with Crippen molar-refractivity contribution in [2.45, 2.75) is 18.6 Å². The monoisotopic (exact) mass is 659 g/mol. The van der Waals surface area contributed by atoms with Gasteiger partial charge >= 0.3 is 77.4 Å². The summed E-state index contributed by atoms with van der Waals surface area (Å²) in [6.45, 7) is -3.99. The molecule has 1 atom stereocenters. The molecule has 0 saturated heterocycles. The first kappa shape index (κ1) is 34.9. The third-order valence-electron chi connectivity index (χ3n) is 4.27. The third kappa shape index (κ3) is 17.2. The van der Waals surface area contributed by atoms with Crippen molar-refractivity contribution < 1.29 is 104 Å². The first-order valence-electron chi connectivity index (χ1n) is 9.44. The standard InChI is InChI=1S/C16H28N3O13P.Gd/c20-12(21)2-1-11(33(30,31)32)19(5-3-17(7-13(22)23)8-14(24)25)6-4-18(9-15(26)27)10-16(28)29;/h11H,1-10H2,(H,20,21)(H,22,23)(H,24,25)(H,26,27)(H,28,29)(H2,30,31,32);/q;+3. The summed E-state index contributed by atoms with van der Waals surface area (Å²) >= 11 is 0. The zero-order valence-electron chi connectivity index (χ0n) is 17.9. The van der Waals surface area contributed by atoms with Crippen molar-refractivity contribution in [2.24, 2.45) is 0 Å². The van der Waals surface area contributed by atoms with Gasteiger partial charge in [-0.25, -0.2) is 0 Å². The Hall–Kier alpha value is -1.30. The van der Waals surface area contributed by atoms with Crippen molar-refractivity contribution in [2.75, 3.05) is 52.4 Å². The average molecular weight is 659 g/mol. The number of nitrogens with zero attached hydrogens (tertiary/aromatic N) is 3. The maximum Gasteiger partial charge on any atom is 3.00 e. The molecule has 0 aromatic rings. The van der Waals surface area contributed by atoms with Crippen LogP contribution in [0.15, 0.2) is 0 Å². The molecule has 0 aliphatic rings. The van der Waals surface area contributed by atoms with E-state index in [9.17, 15) is 38.3 Å². The van der Waals surface area contributed by atoms with Crippen molar-refractivity contribution in [3.05, 3.63) is 0 Å². The van der Waals surface area contributed by atoms with Gasteiger partial charge in [0, 0.05) is 32.6 Å². The number of rotatable bonds is 19. The SMILES string of the molecule is O=C(O)CCC(N(CCN(CC(=O)O)CC(=O)O)CCN(CC(=O)O)CC(=O)O)P(=O)(O)O.[Gd+3]. The van der Waals surface area contributed by atoms with E-state index >= 15 is 0 Å². The molecule has 0 aliphatic heterocycles. The smallest absolute Gasteiger partial charge is 0.481 e. The maximum absolute atomic E-state index is 12.0. The zero-order valence-corrected chi connectivity index (χ0v) is 21.0. The summed E-state index contributed by atoms with van der Waals surface area (Å²) < 4.78 is 12.0. The number of carboxylic acids is 5. The summed E-state index contributed by atoms with van der Waals surface area (Å²) in [4.78, 5) is 77.3. The van der Waals surface area contributed by atoms with E-state index in [1.165, 1.54) is 0 Å². The van der Waals surface area contributed by atoms with Crippen molar-refractivity contribution >= 4 is 37.4 Å². The van der Waals surface area contributed by atoms with Crippen molar-refractivity contribution in [1.29, 1.82) is 0 Å². The first-order chi connectivity index (χ1) is 15.1. The fraction of sp³-hybridized carbons (Fsp3) is 0.688. The van der Waals surface area contributed by atoms with Gasteiger partial charge in [-0.05, 0) is 6.42 Å². The van der Waals surface area contributed by atoms with E-state index in [1.54, 1.807) is 0 Å². The van der Waals surface area contributed by atoms with E-state index < -0.39 is 82.2 Å². The van der Waals surface area contributed by atoms with Gasteiger partial charge in [0.25, 0.3) is 0 Å². The molecular weight excluding hydrogens is 630 g/mol. The summed E-state index contributed by atoms with van der Waals surface area (Å²) in [7, 11) is -4.96. The molecular formula is C16H28GdN3O13P+3. The van der Waals surface area contributed by atoms with E-state index in [2.05, 4.69) is 0 Å². The van der Waals surface area contributed by atoms with Gasteiger partial charge in [-0.2, -0.15) is 0 Å². The minimum absolute atomic E-state index is 0. The van der Waals surface area contributed by atoms with Crippen LogP contribution in [-0.4, -0.2) is 138 Å². The van der Waals surface area contributed by atoms with Crippen LogP contribution in [0, 0.1) is 39.9 Å². The molecule has 34 heavy (non-hydrogen) atoms. The fourth-order valence-corrected chi connectivity index (χ4v) is 4.08. The normalized spacial score (nSPS) is 12.4. The van der Waals surface area contributed by atoms with Crippen molar-refractivity contribution in [3.8, 4) is 0 Å². The quantitative estimate of drug-likeness (QED) is 0.0714. The zero-order chi connectivity index (χ0) is 25.8.